The summed E-state index contributed by atoms with van der Waals surface area (Å²) in [6.07, 6.45) is 2.94. The van der Waals surface area contributed by atoms with Crippen LogP contribution in [0.1, 0.15) is 28.9 Å². The number of carbonyl (C=O) groups is 2. The molecule has 0 radical (unpaired) electrons. The van der Waals surface area contributed by atoms with Crippen LogP contribution in [0.25, 0.3) is 5.69 Å². The van der Waals surface area contributed by atoms with Crippen molar-refractivity contribution in [2.45, 2.75) is 19.4 Å². The summed E-state index contributed by atoms with van der Waals surface area (Å²) in [5.41, 5.74) is 2.09. The summed E-state index contributed by atoms with van der Waals surface area (Å²) in [6.45, 7) is 1.55. The van der Waals surface area contributed by atoms with Gasteiger partial charge in [0.1, 0.15) is 5.82 Å². The number of piperidine rings is 1. The zero-order valence-electron chi connectivity index (χ0n) is 16.5. The third-order valence-corrected chi connectivity index (χ3v) is 5.36. The fourth-order valence-electron chi connectivity index (χ4n) is 3.61. The Labute approximate surface area is 174 Å². The van der Waals surface area contributed by atoms with Gasteiger partial charge in [0.2, 0.25) is 5.91 Å². The highest BCUT2D eigenvalue weighted by molar-refractivity contribution is 5.92. The second-order valence-corrected chi connectivity index (χ2v) is 7.39. The molecule has 1 aromatic heterocycles. The fourth-order valence-corrected chi connectivity index (χ4v) is 3.61. The standard InChI is InChI=1S/C23H23FN4O2/c24-19-6-8-20(9-7-19)28-15-12-21(26-28)23(30)27-13-10-18(11-14-27)22(29)25-16-17-4-2-1-3-5-17/h1-9,12,15,18H,10-11,13-14,16H2,(H,25,29). The van der Waals surface area contributed by atoms with Crippen LogP contribution < -0.4 is 5.32 Å². The molecule has 0 unspecified atom stereocenters. The molecule has 4 rings (SSSR count). The summed E-state index contributed by atoms with van der Waals surface area (Å²) >= 11 is 0. The topological polar surface area (TPSA) is 67.2 Å². The Morgan fingerprint density at radius 2 is 1.70 bits per heavy atom. The lowest BCUT2D eigenvalue weighted by atomic mass is 9.95. The Bertz CT molecular complexity index is 1010. The van der Waals surface area contributed by atoms with Crippen molar-refractivity contribution in [3.8, 4) is 5.69 Å². The molecule has 2 amide bonds. The molecule has 1 N–H and O–H groups in total. The van der Waals surface area contributed by atoms with Crippen molar-refractivity contribution < 1.29 is 14.0 Å². The first-order valence-corrected chi connectivity index (χ1v) is 10.0. The molecule has 3 aromatic rings. The molecule has 2 heterocycles. The smallest absolute Gasteiger partial charge is 0.274 e. The molecular formula is C23H23FN4O2. The molecule has 30 heavy (non-hydrogen) atoms. The molecule has 0 bridgehead atoms. The molecule has 1 saturated heterocycles. The average molecular weight is 406 g/mol. The van der Waals surface area contributed by atoms with Crippen molar-refractivity contribution in [1.29, 1.82) is 0 Å². The zero-order valence-corrected chi connectivity index (χ0v) is 16.5. The molecular weight excluding hydrogens is 383 g/mol. The summed E-state index contributed by atoms with van der Waals surface area (Å²) in [7, 11) is 0. The van der Waals surface area contributed by atoms with Crippen molar-refractivity contribution in [2.24, 2.45) is 5.92 Å². The summed E-state index contributed by atoms with van der Waals surface area (Å²) in [5, 5.41) is 7.31. The quantitative estimate of drug-likeness (QED) is 0.708. The summed E-state index contributed by atoms with van der Waals surface area (Å²) in [5.74, 6) is -0.530. The molecule has 0 aliphatic carbocycles. The third-order valence-electron chi connectivity index (χ3n) is 5.36. The fraction of sp³-hybridized carbons (Fsp3) is 0.261. The van der Waals surface area contributed by atoms with Crippen molar-refractivity contribution in [1.82, 2.24) is 20.0 Å². The van der Waals surface area contributed by atoms with Crippen molar-refractivity contribution >= 4 is 11.8 Å². The number of nitrogens with zero attached hydrogens (tertiary/aromatic N) is 3. The number of nitrogens with one attached hydrogen (secondary N) is 1. The Morgan fingerprint density at radius 3 is 2.40 bits per heavy atom. The van der Waals surface area contributed by atoms with Crippen molar-refractivity contribution in [3.63, 3.8) is 0 Å². The Kier molecular flexibility index (Phi) is 5.88. The molecule has 0 saturated carbocycles. The van der Waals surface area contributed by atoms with E-state index in [9.17, 15) is 14.0 Å². The van der Waals surface area contributed by atoms with E-state index in [0.717, 1.165) is 5.56 Å². The van der Waals surface area contributed by atoms with E-state index in [4.69, 9.17) is 0 Å². The predicted octanol–water partition coefficient (Wildman–Crippen LogP) is 3.18. The molecule has 7 heteroatoms. The van der Waals surface area contributed by atoms with Gasteiger partial charge in [-0.1, -0.05) is 30.3 Å². The van der Waals surface area contributed by atoms with Gasteiger partial charge in [-0.15, -0.1) is 0 Å². The minimum atomic E-state index is -0.321. The maximum atomic E-state index is 13.1. The van der Waals surface area contributed by atoms with Gasteiger partial charge in [0.25, 0.3) is 5.91 Å². The Balaban J connectivity index is 1.30. The van der Waals surface area contributed by atoms with Gasteiger partial charge in [0, 0.05) is 31.7 Å². The number of amides is 2. The summed E-state index contributed by atoms with van der Waals surface area (Å²) < 4.78 is 14.6. The minimum Gasteiger partial charge on any atom is -0.352 e. The van der Waals surface area contributed by atoms with E-state index in [1.165, 1.54) is 12.1 Å². The van der Waals surface area contributed by atoms with E-state index in [1.807, 2.05) is 30.3 Å². The number of likely N-dealkylation sites (tertiary alicyclic amines) is 1. The molecule has 2 aromatic carbocycles. The highest BCUT2D eigenvalue weighted by atomic mass is 19.1. The van der Waals surface area contributed by atoms with Crippen LogP contribution in [-0.4, -0.2) is 39.6 Å². The van der Waals surface area contributed by atoms with Crippen molar-refractivity contribution in [3.05, 3.63) is 83.9 Å². The van der Waals surface area contributed by atoms with E-state index in [2.05, 4.69) is 10.4 Å². The van der Waals surface area contributed by atoms with E-state index in [0.29, 0.717) is 43.9 Å². The van der Waals surface area contributed by atoms with Gasteiger partial charge in [-0.3, -0.25) is 9.59 Å². The van der Waals surface area contributed by atoms with Crippen LogP contribution in [0.2, 0.25) is 0 Å². The van der Waals surface area contributed by atoms with Crippen LogP contribution >= 0.6 is 0 Å². The highest BCUT2D eigenvalue weighted by Crippen LogP contribution is 2.19. The van der Waals surface area contributed by atoms with Crippen LogP contribution in [0.5, 0.6) is 0 Å². The normalized spacial score (nSPS) is 14.5. The van der Waals surface area contributed by atoms with Crippen LogP contribution in [0.15, 0.2) is 66.9 Å². The first-order chi connectivity index (χ1) is 14.6. The van der Waals surface area contributed by atoms with E-state index in [1.54, 1.807) is 34.0 Å². The lowest BCUT2D eigenvalue weighted by Crippen LogP contribution is -2.43. The zero-order chi connectivity index (χ0) is 20.9. The Hall–Kier alpha value is -3.48. The molecule has 6 nitrogen and oxygen atoms in total. The summed E-state index contributed by atoms with van der Waals surface area (Å²) in [4.78, 5) is 27.0. The van der Waals surface area contributed by atoms with Gasteiger partial charge in [-0.2, -0.15) is 5.10 Å². The first-order valence-electron chi connectivity index (χ1n) is 10.0. The van der Waals surface area contributed by atoms with Gasteiger partial charge in [0.15, 0.2) is 5.69 Å². The Morgan fingerprint density at radius 1 is 1.00 bits per heavy atom. The van der Waals surface area contributed by atoms with Crippen LogP contribution in [0.3, 0.4) is 0 Å². The number of carbonyl (C=O) groups excluding carboxylic acids is 2. The third kappa shape index (κ3) is 4.56. The average Bonchev–Trinajstić information content (AvgIpc) is 3.28. The summed E-state index contributed by atoms with van der Waals surface area (Å²) in [6, 6.07) is 17.4. The highest BCUT2D eigenvalue weighted by Gasteiger charge is 2.28. The number of rotatable bonds is 5. The van der Waals surface area contributed by atoms with E-state index < -0.39 is 0 Å². The van der Waals surface area contributed by atoms with Gasteiger partial charge < -0.3 is 10.2 Å². The largest absolute Gasteiger partial charge is 0.352 e. The lowest BCUT2D eigenvalue weighted by molar-refractivity contribution is -0.126. The predicted molar refractivity (Wildman–Crippen MR) is 110 cm³/mol. The van der Waals surface area contributed by atoms with E-state index >= 15 is 0 Å². The molecule has 0 spiro atoms. The van der Waals surface area contributed by atoms with E-state index in [-0.39, 0.29) is 23.5 Å². The van der Waals surface area contributed by atoms with Crippen molar-refractivity contribution in [2.75, 3.05) is 13.1 Å². The lowest BCUT2D eigenvalue weighted by Gasteiger charge is -2.30. The van der Waals surface area contributed by atoms with Gasteiger partial charge in [-0.05, 0) is 48.7 Å². The van der Waals surface area contributed by atoms with Crippen LogP contribution in [0.4, 0.5) is 4.39 Å². The molecule has 0 atom stereocenters. The molecule has 1 aliphatic rings. The number of hydrogen-bond donors (Lipinski definition) is 1. The molecule has 154 valence electrons. The second kappa shape index (κ2) is 8.90. The first kappa shape index (κ1) is 19.8. The molecule has 1 aliphatic heterocycles. The van der Waals surface area contributed by atoms with Crippen LogP contribution in [-0.2, 0) is 11.3 Å². The SMILES string of the molecule is O=C(NCc1ccccc1)C1CCN(C(=O)c2ccn(-c3ccc(F)cc3)n2)CC1. The van der Waals surface area contributed by atoms with Crippen LogP contribution in [0, 0.1) is 11.7 Å². The number of halogens is 1. The monoisotopic (exact) mass is 406 g/mol. The maximum absolute atomic E-state index is 13.1. The van der Waals surface area contributed by atoms with Gasteiger partial charge in [0.05, 0.1) is 5.69 Å². The van der Waals surface area contributed by atoms with Gasteiger partial charge >= 0.3 is 0 Å². The second-order valence-electron chi connectivity index (χ2n) is 7.39. The number of benzene rings is 2. The minimum absolute atomic E-state index is 0.0338. The number of aromatic nitrogens is 2. The number of hydrogen-bond acceptors (Lipinski definition) is 3. The maximum Gasteiger partial charge on any atom is 0.274 e. The van der Waals surface area contributed by atoms with Gasteiger partial charge in [-0.25, -0.2) is 9.07 Å². The molecule has 1 fully saturated rings.